The van der Waals surface area contributed by atoms with Crippen molar-refractivity contribution < 1.29 is 17.9 Å². The molecule has 0 atom stereocenters. The summed E-state index contributed by atoms with van der Waals surface area (Å²) in [4.78, 5) is 16.2. The van der Waals surface area contributed by atoms with Crippen LogP contribution in [0.5, 0.6) is 0 Å². The topological polar surface area (TPSA) is 88.3 Å². The maximum absolute atomic E-state index is 13.1. The Morgan fingerprint density at radius 1 is 1.10 bits per heavy atom. The first-order valence-corrected chi connectivity index (χ1v) is 11.8. The molecule has 0 unspecified atom stereocenters. The highest BCUT2D eigenvalue weighted by molar-refractivity contribution is 9.10. The second-order valence-electron chi connectivity index (χ2n) is 6.96. The molecule has 0 spiro atoms. The lowest BCUT2D eigenvalue weighted by atomic mass is 10.0. The van der Waals surface area contributed by atoms with Gasteiger partial charge in [-0.15, -0.1) is 0 Å². The normalized spacial score (nSPS) is 11.5. The van der Waals surface area contributed by atoms with Gasteiger partial charge in [-0.3, -0.25) is 4.72 Å². The summed E-state index contributed by atoms with van der Waals surface area (Å²) >= 11 is 3.31. The molecule has 2 N–H and O–H groups in total. The second-order valence-corrected chi connectivity index (χ2v) is 9.56. The number of sulfonamides is 1. The summed E-state index contributed by atoms with van der Waals surface area (Å²) in [6, 6.07) is 15.6. The van der Waals surface area contributed by atoms with E-state index in [0.717, 1.165) is 10.0 Å². The van der Waals surface area contributed by atoms with Crippen LogP contribution in [0.2, 0.25) is 0 Å². The van der Waals surface area contributed by atoms with Crippen molar-refractivity contribution in [3.8, 4) is 11.3 Å². The summed E-state index contributed by atoms with van der Waals surface area (Å²) in [5.74, 6) is -0.633. The van der Waals surface area contributed by atoms with E-state index in [2.05, 4.69) is 25.6 Å². The molecule has 1 aromatic heterocycles. The number of carbonyl (C=O) groups excluding carboxylic acids is 1. The molecule has 0 aliphatic heterocycles. The van der Waals surface area contributed by atoms with E-state index in [4.69, 9.17) is 4.74 Å². The Balaban J connectivity index is 2.21. The van der Waals surface area contributed by atoms with Gasteiger partial charge in [-0.1, -0.05) is 60.1 Å². The van der Waals surface area contributed by atoms with Crippen molar-refractivity contribution in [2.45, 2.75) is 31.6 Å². The third kappa shape index (κ3) is 4.60. The minimum atomic E-state index is -3.94. The van der Waals surface area contributed by atoms with Crippen molar-refractivity contribution in [3.05, 3.63) is 70.3 Å². The number of halogens is 1. The number of carbonyl (C=O) groups is 1. The van der Waals surface area contributed by atoms with Crippen LogP contribution in [-0.4, -0.2) is 26.0 Å². The zero-order valence-corrected chi connectivity index (χ0v) is 19.3. The molecule has 0 saturated carbocycles. The standard InChI is InChI=1S/C22H23BrN2O4S/c1-4-29-22(26)18-19(14(2)3)24-20(15-8-6-5-7-9-15)21(18)25-30(27,28)17-12-10-16(23)11-13-17/h5-14,24-25H,4H2,1-3H3. The third-order valence-electron chi connectivity index (χ3n) is 4.51. The molecule has 0 bridgehead atoms. The average molecular weight is 491 g/mol. The van der Waals surface area contributed by atoms with Crippen molar-refractivity contribution >= 4 is 37.6 Å². The van der Waals surface area contributed by atoms with Gasteiger partial charge in [-0.05, 0) is 37.1 Å². The fraction of sp³-hybridized carbons (Fsp3) is 0.227. The minimum Gasteiger partial charge on any atom is -0.462 e. The van der Waals surface area contributed by atoms with Gasteiger partial charge in [0.05, 0.1) is 22.9 Å². The lowest BCUT2D eigenvalue weighted by molar-refractivity contribution is 0.0526. The molecule has 2 aromatic carbocycles. The third-order valence-corrected chi connectivity index (χ3v) is 6.40. The molecule has 0 radical (unpaired) electrons. The van der Waals surface area contributed by atoms with Crippen LogP contribution in [0.4, 0.5) is 5.69 Å². The molecule has 30 heavy (non-hydrogen) atoms. The van der Waals surface area contributed by atoms with Crippen molar-refractivity contribution in [1.82, 2.24) is 4.98 Å². The smallest absolute Gasteiger partial charge is 0.342 e. The lowest BCUT2D eigenvalue weighted by Gasteiger charge is -2.12. The van der Waals surface area contributed by atoms with Gasteiger partial charge in [0, 0.05) is 15.7 Å². The quantitative estimate of drug-likeness (QED) is 0.425. The van der Waals surface area contributed by atoms with Crippen LogP contribution < -0.4 is 4.72 Å². The average Bonchev–Trinajstić information content (AvgIpc) is 3.08. The molecule has 1 heterocycles. The molecule has 8 heteroatoms. The molecule has 3 rings (SSSR count). The van der Waals surface area contributed by atoms with E-state index in [9.17, 15) is 13.2 Å². The predicted molar refractivity (Wildman–Crippen MR) is 121 cm³/mol. The number of rotatable bonds is 7. The molecular formula is C22H23BrN2O4S. The molecule has 0 saturated heterocycles. The van der Waals surface area contributed by atoms with Crippen molar-refractivity contribution in [1.29, 1.82) is 0 Å². The molecule has 0 aliphatic rings. The number of esters is 1. The van der Waals surface area contributed by atoms with E-state index in [1.54, 1.807) is 19.1 Å². The van der Waals surface area contributed by atoms with Crippen LogP contribution in [0.15, 0.2) is 64.0 Å². The van der Waals surface area contributed by atoms with Gasteiger partial charge < -0.3 is 9.72 Å². The Bertz CT molecular complexity index is 1140. The molecule has 0 amide bonds. The minimum absolute atomic E-state index is 0.0576. The first-order chi connectivity index (χ1) is 14.2. The Morgan fingerprint density at radius 3 is 2.30 bits per heavy atom. The molecule has 6 nitrogen and oxygen atoms in total. The number of benzene rings is 2. The van der Waals surface area contributed by atoms with Crippen LogP contribution in [0.1, 0.15) is 42.7 Å². The highest BCUT2D eigenvalue weighted by atomic mass is 79.9. The van der Waals surface area contributed by atoms with Crippen LogP contribution in [0.25, 0.3) is 11.3 Å². The zero-order chi connectivity index (χ0) is 21.9. The van der Waals surface area contributed by atoms with Gasteiger partial charge in [0.1, 0.15) is 5.56 Å². The van der Waals surface area contributed by atoms with Crippen LogP contribution in [0, 0.1) is 0 Å². The van der Waals surface area contributed by atoms with E-state index in [1.165, 1.54) is 12.1 Å². The van der Waals surface area contributed by atoms with Crippen molar-refractivity contribution in [2.75, 3.05) is 11.3 Å². The maximum atomic E-state index is 13.1. The van der Waals surface area contributed by atoms with Crippen molar-refractivity contribution in [3.63, 3.8) is 0 Å². The van der Waals surface area contributed by atoms with Gasteiger partial charge in [0.2, 0.25) is 0 Å². The summed E-state index contributed by atoms with van der Waals surface area (Å²) in [5.41, 5.74) is 2.27. The number of nitrogens with one attached hydrogen (secondary N) is 2. The van der Waals surface area contributed by atoms with Crippen LogP contribution in [0.3, 0.4) is 0 Å². The summed E-state index contributed by atoms with van der Waals surface area (Å²) in [6.45, 7) is 5.75. The second kappa shape index (κ2) is 9.06. The number of H-pyrrole nitrogens is 1. The van der Waals surface area contributed by atoms with Gasteiger partial charge in [-0.2, -0.15) is 0 Å². The van der Waals surface area contributed by atoms with Gasteiger partial charge in [-0.25, -0.2) is 13.2 Å². The first-order valence-electron chi connectivity index (χ1n) is 9.51. The summed E-state index contributed by atoms with van der Waals surface area (Å²) in [7, 11) is -3.94. The number of hydrogen-bond donors (Lipinski definition) is 2. The summed E-state index contributed by atoms with van der Waals surface area (Å²) in [5, 5.41) is 0. The van der Waals surface area contributed by atoms with E-state index >= 15 is 0 Å². The molecule has 158 valence electrons. The number of ether oxygens (including phenoxy) is 1. The predicted octanol–water partition coefficient (Wildman–Crippen LogP) is 5.55. The number of anilines is 1. The van der Waals surface area contributed by atoms with E-state index in [1.807, 2.05) is 44.2 Å². The summed E-state index contributed by atoms with van der Waals surface area (Å²) in [6.07, 6.45) is 0. The largest absolute Gasteiger partial charge is 0.462 e. The maximum Gasteiger partial charge on any atom is 0.342 e. The highest BCUT2D eigenvalue weighted by Crippen LogP contribution is 2.38. The fourth-order valence-electron chi connectivity index (χ4n) is 3.10. The number of aromatic amines is 1. The first kappa shape index (κ1) is 22.1. The summed E-state index contributed by atoms with van der Waals surface area (Å²) < 4.78 is 34.9. The monoisotopic (exact) mass is 490 g/mol. The van der Waals surface area contributed by atoms with Gasteiger partial charge >= 0.3 is 5.97 Å². The lowest BCUT2D eigenvalue weighted by Crippen LogP contribution is -2.17. The Hall–Kier alpha value is -2.58. The van der Waals surface area contributed by atoms with E-state index < -0.39 is 16.0 Å². The number of hydrogen-bond acceptors (Lipinski definition) is 4. The van der Waals surface area contributed by atoms with E-state index in [0.29, 0.717) is 11.4 Å². The van der Waals surface area contributed by atoms with Crippen molar-refractivity contribution in [2.24, 2.45) is 0 Å². The Kier molecular flexibility index (Phi) is 6.67. The number of aromatic nitrogens is 1. The molecular weight excluding hydrogens is 468 g/mol. The molecule has 3 aromatic rings. The van der Waals surface area contributed by atoms with Gasteiger partial charge in [0.25, 0.3) is 10.0 Å². The fourth-order valence-corrected chi connectivity index (χ4v) is 4.45. The Morgan fingerprint density at radius 2 is 1.73 bits per heavy atom. The molecule has 0 aliphatic carbocycles. The van der Waals surface area contributed by atoms with Gasteiger partial charge in [0.15, 0.2) is 0 Å². The SMILES string of the molecule is CCOC(=O)c1c(C(C)C)[nH]c(-c2ccccc2)c1NS(=O)(=O)c1ccc(Br)cc1. The van der Waals surface area contributed by atoms with Crippen LogP contribution in [-0.2, 0) is 14.8 Å². The van der Waals surface area contributed by atoms with E-state index in [-0.39, 0.29) is 28.7 Å². The molecule has 0 fully saturated rings. The van der Waals surface area contributed by atoms with Crippen LogP contribution >= 0.6 is 15.9 Å². The zero-order valence-electron chi connectivity index (χ0n) is 16.9. The Labute approximate surface area is 184 Å². The highest BCUT2D eigenvalue weighted by Gasteiger charge is 2.29.